The fourth-order valence-corrected chi connectivity index (χ4v) is 11.2. The van der Waals surface area contributed by atoms with Crippen LogP contribution in [0.2, 0.25) is 0 Å². The molecular weight excluding hydrogens is 1290 g/mol. The van der Waals surface area contributed by atoms with E-state index in [1.807, 2.05) is 0 Å². The van der Waals surface area contributed by atoms with Crippen molar-refractivity contribution in [3.05, 3.63) is 114 Å². The number of hydrogen-bond acceptors (Lipinski definition) is 20. The van der Waals surface area contributed by atoms with Crippen LogP contribution in [-0.2, 0) is 88.0 Å². The predicted molar refractivity (Wildman–Crippen MR) is 349 cm³/mol. The molecule has 99 heavy (non-hydrogen) atoms. The summed E-state index contributed by atoms with van der Waals surface area (Å²) in [7, 11) is 0. The first-order valence-electron chi connectivity index (χ1n) is 32.2. The highest BCUT2D eigenvalue weighted by Gasteiger charge is 2.45. The maximum atomic E-state index is 14.5. The Balaban J connectivity index is 1.11. The summed E-state index contributed by atoms with van der Waals surface area (Å²) >= 11 is 0. The third kappa shape index (κ3) is 23.6. The van der Waals surface area contributed by atoms with Crippen molar-refractivity contribution in [2.75, 3.05) is 32.8 Å². The van der Waals surface area contributed by atoms with Gasteiger partial charge in [0.25, 0.3) is 0 Å². The molecule has 0 spiro atoms. The molecule has 0 saturated carbocycles. The summed E-state index contributed by atoms with van der Waals surface area (Å²) in [6.45, 7) is 1.02. The maximum absolute atomic E-state index is 14.5. The minimum Gasteiger partial charge on any atom is -0.508 e. The second-order valence-corrected chi connectivity index (χ2v) is 24.2. The van der Waals surface area contributed by atoms with Crippen LogP contribution in [0.4, 0.5) is 0 Å². The molecule has 0 aliphatic carbocycles. The molecule has 536 valence electrons. The largest absolute Gasteiger partial charge is 0.508 e. The number of benzene rings is 3. The Morgan fingerprint density at radius 2 is 1.11 bits per heavy atom. The molecule has 1 aromatic heterocycles. The quantitative estimate of drug-likeness (QED) is 0.0189. The van der Waals surface area contributed by atoms with Crippen LogP contribution in [0.5, 0.6) is 11.5 Å². The molecule has 3 aromatic carbocycles. The van der Waals surface area contributed by atoms with E-state index in [0.29, 0.717) is 41.6 Å². The molecule has 2 aliphatic rings. The zero-order chi connectivity index (χ0) is 72.5. The number of carboxylic acid groups (broad SMARTS) is 2. The number of carboxylic acids is 2. The zero-order valence-electron chi connectivity index (χ0n) is 54.6. The van der Waals surface area contributed by atoms with Crippen molar-refractivity contribution in [2.24, 2.45) is 11.5 Å². The van der Waals surface area contributed by atoms with Crippen LogP contribution in [-0.4, -0.2) is 233 Å². The fourth-order valence-electron chi connectivity index (χ4n) is 11.2. The number of unbranched alkanes of at least 4 members (excludes halogenated alkanes) is 1. The number of amides is 11. The van der Waals surface area contributed by atoms with Crippen molar-refractivity contribution in [3.63, 3.8) is 0 Å². The Labute approximate surface area is 568 Å². The number of likely N-dealkylation sites (tertiary alicyclic amines) is 2. The standard InChI is InChI=1S/C65H87N15O19/c1-35(71-62(95)54(36(2)82)78-59(92)47(28-39-17-21-42(84)22-18-39)74-55(88)43(67)30-53(86)87)63(96)80-25-9-14-51(80)64(97)79-24-8-13-50(79)61(94)77-49(33-81)60(93)73-44(12-6-7-23-66)57(90)76-46(26-37-10-4-3-5-11-37)58(91)75-45(27-38-15-19-41(83)20-16-38)56(89)69-32-52(85)72-48(65(98)99)29-40-31-68-34-70-40/h3-5,10-11,15-22,31,34-36,43-51,54,81-84H,6-9,12-14,23-30,32-33,66-67H2,1-2H3,(H,68,70)(H,69,89)(H,71,95)(H,72,85)(H,73,93)(H,74,88)(H,75,91)(H,76,90)(H,77,94)(H,78,92)(H,86,87)(H,98,99)/t35-,36+,43-,44-,45-,46-,47-,48-,49-,50-,51-,54-/m0/s1. The summed E-state index contributed by atoms with van der Waals surface area (Å²) in [6.07, 6.45) is 0.960. The average molecular weight is 1380 g/mol. The number of nitrogens with one attached hydrogen (secondary N) is 10. The van der Waals surface area contributed by atoms with Crippen LogP contribution in [0.3, 0.4) is 0 Å². The van der Waals surface area contributed by atoms with Crippen LogP contribution < -0.4 is 59.3 Å². The van der Waals surface area contributed by atoms with Crippen LogP contribution in [0, 0.1) is 0 Å². The molecule has 11 amide bonds. The number of nitrogens with two attached hydrogens (primary N) is 2. The summed E-state index contributed by atoms with van der Waals surface area (Å²) in [5.41, 5.74) is 13.4. The lowest BCUT2D eigenvalue weighted by Crippen LogP contribution is -2.61. The lowest BCUT2D eigenvalue weighted by molar-refractivity contribution is -0.148. The molecule has 0 radical (unpaired) electrons. The SMILES string of the molecule is C[C@H](NC(=O)[C@@H](NC(=O)[C@H](Cc1ccc(O)cc1)NC(=O)[C@@H](N)CC(=O)O)[C@@H](C)O)C(=O)N1CCC[C@H]1C(=O)N1CCC[C@H]1C(=O)N[C@@H](CO)C(=O)N[C@@H](CCCCN)C(=O)N[C@@H](Cc1ccccc1)C(=O)N[C@@H](Cc1ccc(O)cc1)C(=O)NCC(=O)N[C@@H](Cc1cnc[nH]1)C(=O)O. The smallest absolute Gasteiger partial charge is 0.326 e. The normalized spacial score (nSPS) is 17.2. The van der Waals surface area contributed by atoms with E-state index in [-0.39, 0.29) is 82.5 Å². The number of phenolic OH excluding ortho intramolecular Hbond substituents is 2. The number of hydrogen-bond donors (Lipinski definition) is 18. The van der Waals surface area contributed by atoms with Gasteiger partial charge in [0.15, 0.2) is 0 Å². The first-order valence-corrected chi connectivity index (χ1v) is 32.2. The Kier molecular flexibility index (Phi) is 29.6. The van der Waals surface area contributed by atoms with Gasteiger partial charge in [-0.05, 0) is 106 Å². The number of carbonyl (C=O) groups is 13. The Hall–Kier alpha value is -10.6. The lowest BCUT2D eigenvalue weighted by atomic mass is 10.0. The molecule has 20 N–H and O–H groups in total. The topological polar surface area (TPSA) is 539 Å². The van der Waals surface area contributed by atoms with Crippen molar-refractivity contribution in [1.82, 2.24) is 67.6 Å². The first-order chi connectivity index (χ1) is 47.2. The third-order valence-corrected chi connectivity index (χ3v) is 16.5. The lowest BCUT2D eigenvalue weighted by Gasteiger charge is -2.33. The minimum atomic E-state index is -1.74. The van der Waals surface area contributed by atoms with Crippen LogP contribution in [0.25, 0.3) is 0 Å². The van der Waals surface area contributed by atoms with E-state index in [1.54, 1.807) is 30.3 Å². The summed E-state index contributed by atoms with van der Waals surface area (Å²) in [4.78, 5) is 186. The molecule has 0 unspecified atom stereocenters. The number of aromatic nitrogens is 2. The minimum absolute atomic E-state index is 0.0382. The van der Waals surface area contributed by atoms with Gasteiger partial charge in [0.1, 0.15) is 71.9 Å². The van der Waals surface area contributed by atoms with Crippen LogP contribution >= 0.6 is 0 Å². The number of carbonyl (C=O) groups excluding carboxylic acids is 11. The molecule has 4 aromatic rings. The number of aliphatic carboxylic acids is 2. The van der Waals surface area contributed by atoms with E-state index in [0.717, 1.165) is 0 Å². The Morgan fingerprint density at radius 3 is 1.66 bits per heavy atom. The van der Waals surface area contributed by atoms with Gasteiger partial charge in [-0.3, -0.25) is 57.5 Å². The van der Waals surface area contributed by atoms with Gasteiger partial charge in [-0.25, -0.2) is 9.78 Å². The fraction of sp³-hybridized carbons (Fsp3) is 0.477. The predicted octanol–water partition coefficient (Wildman–Crippen LogP) is -4.52. The van der Waals surface area contributed by atoms with E-state index in [9.17, 15) is 93.0 Å². The number of rotatable bonds is 37. The Morgan fingerprint density at radius 1 is 0.586 bits per heavy atom. The number of aromatic hydroxyl groups is 2. The summed E-state index contributed by atoms with van der Waals surface area (Å²) < 4.78 is 0. The molecule has 34 heteroatoms. The molecule has 6 rings (SSSR count). The van der Waals surface area contributed by atoms with Crippen molar-refractivity contribution in [1.29, 1.82) is 0 Å². The number of aliphatic hydroxyl groups excluding tert-OH is 2. The van der Waals surface area contributed by atoms with E-state index in [4.69, 9.17) is 11.5 Å². The molecule has 34 nitrogen and oxygen atoms in total. The first kappa shape index (κ1) is 77.4. The van der Waals surface area contributed by atoms with Crippen molar-refractivity contribution < 1.29 is 93.0 Å². The second-order valence-electron chi connectivity index (χ2n) is 24.2. The van der Waals surface area contributed by atoms with Crippen molar-refractivity contribution in [2.45, 2.75) is 163 Å². The van der Waals surface area contributed by atoms with Gasteiger partial charge in [-0.15, -0.1) is 0 Å². The van der Waals surface area contributed by atoms with E-state index in [1.165, 1.54) is 84.7 Å². The highest BCUT2D eigenvalue weighted by molar-refractivity contribution is 6.00. The van der Waals surface area contributed by atoms with E-state index < -0.39 is 169 Å². The van der Waals surface area contributed by atoms with Crippen LogP contribution in [0.1, 0.15) is 87.6 Å². The summed E-state index contributed by atoms with van der Waals surface area (Å²) in [5, 5.41) is 82.4. The molecule has 2 aliphatic heterocycles. The number of imidazole rings is 1. The number of aromatic amines is 1. The molecule has 2 fully saturated rings. The molecule has 3 heterocycles. The van der Waals surface area contributed by atoms with E-state index in [2.05, 4.69) is 57.8 Å². The summed E-state index contributed by atoms with van der Waals surface area (Å²) in [5.74, 6) is -12.9. The highest BCUT2D eigenvalue weighted by Crippen LogP contribution is 2.26. The number of phenols is 2. The van der Waals surface area contributed by atoms with Gasteiger partial charge >= 0.3 is 11.9 Å². The Bertz CT molecular complexity index is 3460. The average Bonchev–Trinajstić information content (AvgIpc) is 1.70. The molecular formula is C65H87N15O19. The molecule has 2 saturated heterocycles. The summed E-state index contributed by atoms with van der Waals surface area (Å²) in [6, 6.07) is 3.56. The van der Waals surface area contributed by atoms with Gasteiger partial charge in [0.2, 0.25) is 65.0 Å². The van der Waals surface area contributed by atoms with Gasteiger partial charge in [0, 0.05) is 50.7 Å². The van der Waals surface area contributed by atoms with Gasteiger partial charge < -0.3 is 105 Å². The molecule has 0 bridgehead atoms. The number of nitrogens with zero attached hydrogens (tertiary/aromatic N) is 3. The number of H-pyrrole nitrogens is 1. The van der Waals surface area contributed by atoms with Gasteiger partial charge in [0.05, 0.1) is 38.0 Å². The zero-order valence-corrected chi connectivity index (χ0v) is 54.6. The van der Waals surface area contributed by atoms with E-state index >= 15 is 0 Å². The van der Waals surface area contributed by atoms with Gasteiger partial charge in [-0.1, -0.05) is 54.6 Å². The van der Waals surface area contributed by atoms with Gasteiger partial charge in [-0.2, -0.15) is 0 Å². The second kappa shape index (κ2) is 37.8. The third-order valence-electron chi connectivity index (χ3n) is 16.5. The monoisotopic (exact) mass is 1380 g/mol. The number of aliphatic hydroxyl groups is 2. The highest BCUT2D eigenvalue weighted by atomic mass is 16.4. The molecule has 12 atom stereocenters. The maximum Gasteiger partial charge on any atom is 0.326 e. The van der Waals surface area contributed by atoms with Crippen molar-refractivity contribution >= 4 is 76.9 Å². The van der Waals surface area contributed by atoms with Crippen molar-refractivity contribution in [3.8, 4) is 11.5 Å². The van der Waals surface area contributed by atoms with Crippen LogP contribution in [0.15, 0.2) is 91.4 Å².